The lowest BCUT2D eigenvalue weighted by Crippen LogP contribution is -2.19. The van der Waals surface area contributed by atoms with Gasteiger partial charge in [-0.1, -0.05) is 30.3 Å². The third kappa shape index (κ3) is 3.61. The Morgan fingerprint density at radius 2 is 1.93 bits per heavy atom. The fraction of sp³-hybridized carbons (Fsp3) is 0.273. The highest BCUT2D eigenvalue weighted by molar-refractivity contribution is 5.99. The number of aliphatic imine (C=N–C) groups is 1. The van der Waals surface area contributed by atoms with Crippen molar-refractivity contribution >= 4 is 12.0 Å². The number of aliphatic hydroxyl groups is 2. The molecule has 2 N–H and O–H groups in total. The quantitative estimate of drug-likeness (QED) is 0.562. The van der Waals surface area contributed by atoms with E-state index in [2.05, 4.69) is 4.99 Å². The number of nitrogens with zero attached hydrogens (tertiary/aromatic N) is 1. The highest BCUT2D eigenvalue weighted by atomic mass is 16.3. The number of hydrogen-bond donors (Lipinski definition) is 2. The molecule has 1 aromatic carbocycles. The summed E-state index contributed by atoms with van der Waals surface area (Å²) in [6.07, 6.45) is -1.09. The molecular weight excluding hydrogens is 194 g/mol. The number of benzene rings is 1. The molecule has 1 aromatic rings. The van der Waals surface area contributed by atoms with Gasteiger partial charge in [0.1, 0.15) is 0 Å². The molecule has 0 amide bonds. The topological polar surface area (TPSA) is 69.9 Å². The molecule has 0 radical (unpaired) electrons. The minimum Gasteiger partial charge on any atom is -0.388 e. The summed E-state index contributed by atoms with van der Waals surface area (Å²) in [6, 6.07) is 8.39. The molecule has 0 spiro atoms. The van der Waals surface area contributed by atoms with Gasteiger partial charge in [0.2, 0.25) is 12.0 Å². The van der Waals surface area contributed by atoms with Gasteiger partial charge in [-0.15, -0.1) is 0 Å². The Hall–Kier alpha value is -1.52. The molecule has 15 heavy (non-hydrogen) atoms. The lowest BCUT2D eigenvalue weighted by molar-refractivity contribution is 0.0763. The normalized spacial score (nSPS) is 15.1. The highest BCUT2D eigenvalue weighted by Gasteiger charge is 2.14. The first-order chi connectivity index (χ1) is 7.11. The standard InChI is InChI=1S/C11H13NO3/c1-8(13)7-12-11(15)10(14)9-5-3-2-4-6-9/h2-8,11,13,15H,1H3/b12-7+. The van der Waals surface area contributed by atoms with Gasteiger partial charge >= 0.3 is 0 Å². The van der Waals surface area contributed by atoms with Crippen LogP contribution in [0.25, 0.3) is 0 Å². The largest absolute Gasteiger partial charge is 0.388 e. The summed E-state index contributed by atoms with van der Waals surface area (Å²) in [6.45, 7) is 1.49. The van der Waals surface area contributed by atoms with Crippen LogP contribution in [0, 0.1) is 0 Å². The molecule has 80 valence electrons. The molecule has 0 bridgehead atoms. The van der Waals surface area contributed by atoms with E-state index in [1.165, 1.54) is 6.92 Å². The Morgan fingerprint density at radius 3 is 2.47 bits per heavy atom. The first-order valence-corrected chi connectivity index (χ1v) is 4.60. The SMILES string of the molecule is CC(O)/C=N/C(O)C(=O)c1ccccc1. The minimum atomic E-state index is -1.44. The van der Waals surface area contributed by atoms with Gasteiger partial charge in [0, 0.05) is 11.8 Å². The van der Waals surface area contributed by atoms with Crippen molar-refractivity contribution in [3.63, 3.8) is 0 Å². The van der Waals surface area contributed by atoms with Crippen molar-refractivity contribution < 1.29 is 15.0 Å². The molecule has 0 saturated heterocycles. The molecule has 0 aliphatic rings. The second-order valence-electron chi connectivity index (χ2n) is 3.14. The van der Waals surface area contributed by atoms with Gasteiger partial charge < -0.3 is 10.2 Å². The van der Waals surface area contributed by atoms with E-state index in [0.29, 0.717) is 5.56 Å². The summed E-state index contributed by atoms with van der Waals surface area (Å²) in [5, 5.41) is 18.2. The number of ketones is 1. The maximum Gasteiger partial charge on any atom is 0.213 e. The molecule has 2 atom stereocenters. The van der Waals surface area contributed by atoms with Crippen LogP contribution < -0.4 is 0 Å². The molecule has 0 aromatic heterocycles. The summed E-state index contributed by atoms with van der Waals surface area (Å²) in [5.41, 5.74) is 0.396. The molecule has 0 saturated carbocycles. The van der Waals surface area contributed by atoms with Crippen LogP contribution in [0.1, 0.15) is 17.3 Å². The minimum absolute atomic E-state index is 0.396. The van der Waals surface area contributed by atoms with Crippen molar-refractivity contribution in [2.24, 2.45) is 4.99 Å². The molecule has 0 aliphatic heterocycles. The van der Waals surface area contributed by atoms with E-state index >= 15 is 0 Å². The van der Waals surface area contributed by atoms with Gasteiger partial charge in [-0.05, 0) is 6.92 Å². The van der Waals surface area contributed by atoms with Crippen LogP contribution in [0.3, 0.4) is 0 Å². The maximum absolute atomic E-state index is 11.5. The summed E-state index contributed by atoms with van der Waals surface area (Å²) in [5.74, 6) is -0.479. The lowest BCUT2D eigenvalue weighted by atomic mass is 10.1. The van der Waals surface area contributed by atoms with Crippen molar-refractivity contribution in [1.82, 2.24) is 0 Å². The molecule has 0 aliphatic carbocycles. The molecule has 1 rings (SSSR count). The Morgan fingerprint density at radius 1 is 1.33 bits per heavy atom. The summed E-state index contributed by atoms with van der Waals surface area (Å²) >= 11 is 0. The Balaban J connectivity index is 2.69. The Bertz CT molecular complexity index is 346. The number of hydrogen-bond acceptors (Lipinski definition) is 4. The molecule has 4 heteroatoms. The number of aliphatic hydroxyl groups excluding tert-OH is 2. The lowest BCUT2D eigenvalue weighted by Gasteiger charge is -2.04. The van der Waals surface area contributed by atoms with Crippen molar-refractivity contribution in [3.05, 3.63) is 35.9 Å². The number of carbonyl (C=O) groups is 1. The van der Waals surface area contributed by atoms with Gasteiger partial charge in [0.15, 0.2) is 0 Å². The van der Waals surface area contributed by atoms with E-state index in [4.69, 9.17) is 5.11 Å². The van der Waals surface area contributed by atoms with Gasteiger partial charge in [-0.25, -0.2) is 0 Å². The first-order valence-electron chi connectivity index (χ1n) is 4.60. The van der Waals surface area contributed by atoms with Crippen LogP contribution in [-0.2, 0) is 0 Å². The molecular formula is C11H13NO3. The highest BCUT2D eigenvalue weighted by Crippen LogP contribution is 2.03. The predicted octanol–water partition coefficient (Wildman–Crippen LogP) is 0.639. The van der Waals surface area contributed by atoms with Crippen LogP contribution in [0.15, 0.2) is 35.3 Å². The van der Waals surface area contributed by atoms with Gasteiger partial charge in [-0.2, -0.15) is 0 Å². The average molecular weight is 207 g/mol. The molecule has 0 fully saturated rings. The van der Waals surface area contributed by atoms with E-state index in [0.717, 1.165) is 6.21 Å². The smallest absolute Gasteiger partial charge is 0.213 e. The monoisotopic (exact) mass is 207 g/mol. The predicted molar refractivity (Wildman–Crippen MR) is 57.0 cm³/mol. The zero-order valence-electron chi connectivity index (χ0n) is 8.37. The second-order valence-corrected chi connectivity index (χ2v) is 3.14. The van der Waals surface area contributed by atoms with Crippen molar-refractivity contribution in [3.8, 4) is 0 Å². The third-order valence-corrected chi connectivity index (χ3v) is 1.74. The van der Waals surface area contributed by atoms with E-state index < -0.39 is 18.1 Å². The van der Waals surface area contributed by atoms with Crippen molar-refractivity contribution in [2.75, 3.05) is 0 Å². The summed E-state index contributed by atoms with van der Waals surface area (Å²) < 4.78 is 0. The van der Waals surface area contributed by atoms with E-state index in [1.807, 2.05) is 0 Å². The van der Waals surface area contributed by atoms with Gasteiger partial charge in [0.05, 0.1) is 6.10 Å². The Kier molecular flexibility index (Phi) is 4.15. The second kappa shape index (κ2) is 5.38. The number of carbonyl (C=O) groups excluding carboxylic acids is 1. The van der Waals surface area contributed by atoms with Gasteiger partial charge in [-0.3, -0.25) is 9.79 Å². The first kappa shape index (κ1) is 11.6. The fourth-order valence-electron chi connectivity index (χ4n) is 1.03. The third-order valence-electron chi connectivity index (χ3n) is 1.74. The zero-order valence-corrected chi connectivity index (χ0v) is 8.37. The molecule has 2 unspecified atom stereocenters. The van der Waals surface area contributed by atoms with E-state index in [9.17, 15) is 9.90 Å². The number of rotatable bonds is 4. The van der Waals surface area contributed by atoms with Crippen LogP contribution in [0.5, 0.6) is 0 Å². The zero-order chi connectivity index (χ0) is 11.3. The van der Waals surface area contributed by atoms with Crippen LogP contribution >= 0.6 is 0 Å². The fourth-order valence-corrected chi connectivity index (χ4v) is 1.03. The maximum atomic E-state index is 11.5. The van der Waals surface area contributed by atoms with E-state index in [-0.39, 0.29) is 0 Å². The average Bonchev–Trinajstić information content (AvgIpc) is 2.26. The van der Waals surface area contributed by atoms with Gasteiger partial charge in [0.25, 0.3) is 0 Å². The van der Waals surface area contributed by atoms with Crippen LogP contribution in [0.4, 0.5) is 0 Å². The van der Waals surface area contributed by atoms with E-state index in [1.54, 1.807) is 30.3 Å². The van der Waals surface area contributed by atoms with Crippen molar-refractivity contribution in [1.29, 1.82) is 0 Å². The van der Waals surface area contributed by atoms with Crippen LogP contribution in [-0.4, -0.2) is 34.5 Å². The van der Waals surface area contributed by atoms with Crippen LogP contribution in [0.2, 0.25) is 0 Å². The summed E-state index contributed by atoms with van der Waals surface area (Å²) in [7, 11) is 0. The summed E-state index contributed by atoms with van der Waals surface area (Å²) in [4.78, 5) is 15.0. The Labute approximate surface area is 87.9 Å². The van der Waals surface area contributed by atoms with Crippen molar-refractivity contribution in [2.45, 2.75) is 19.3 Å². The molecule has 4 nitrogen and oxygen atoms in total. The number of Topliss-reactive ketones (excluding diaryl/α,β-unsaturated/α-hetero) is 1. The molecule has 0 heterocycles.